The van der Waals surface area contributed by atoms with E-state index in [1.165, 1.54) is 0 Å². The highest BCUT2D eigenvalue weighted by Crippen LogP contribution is 2.32. The molecule has 2 heterocycles. The van der Waals surface area contributed by atoms with E-state index in [9.17, 15) is 0 Å². The molecule has 0 radical (unpaired) electrons. The fourth-order valence-corrected chi connectivity index (χ4v) is 2.07. The van der Waals surface area contributed by atoms with Crippen LogP contribution in [-0.2, 0) is 0 Å². The minimum Gasteiger partial charge on any atom is -0.367 e. The lowest BCUT2D eigenvalue weighted by molar-refractivity contribution is 0.620. The summed E-state index contributed by atoms with van der Waals surface area (Å²) in [6.45, 7) is 1.99. The quantitative estimate of drug-likeness (QED) is 0.768. The maximum absolute atomic E-state index is 6.15. The lowest BCUT2D eigenvalue weighted by Crippen LogP contribution is -2.37. The van der Waals surface area contributed by atoms with Crippen LogP contribution in [0.4, 0.5) is 0 Å². The van der Waals surface area contributed by atoms with Crippen molar-refractivity contribution in [2.24, 2.45) is 0 Å². The van der Waals surface area contributed by atoms with Crippen LogP contribution in [0.1, 0.15) is 6.92 Å². The Bertz CT molecular complexity index is 380. The summed E-state index contributed by atoms with van der Waals surface area (Å²) in [6.07, 6.45) is 8.03. The number of fused-ring (bicyclic) bond motifs is 1. The zero-order valence-electron chi connectivity index (χ0n) is 7.64. The lowest BCUT2D eigenvalue weighted by Gasteiger charge is -2.20. The van der Waals surface area contributed by atoms with Crippen molar-refractivity contribution >= 4 is 27.5 Å². The van der Waals surface area contributed by atoms with E-state index in [1.807, 2.05) is 31.4 Å². The molecular weight excluding hydrogens is 263 g/mol. The van der Waals surface area contributed by atoms with Crippen molar-refractivity contribution in [3.8, 4) is 0 Å². The minimum absolute atomic E-state index is 0.106. The van der Waals surface area contributed by atoms with Gasteiger partial charge in [-0.15, -0.1) is 0 Å². The van der Waals surface area contributed by atoms with Gasteiger partial charge in [-0.3, -0.25) is 0 Å². The normalized spacial score (nSPS) is 25.5. The minimum atomic E-state index is 0.106. The van der Waals surface area contributed by atoms with Gasteiger partial charge in [-0.05, 0) is 35.0 Å². The van der Waals surface area contributed by atoms with Crippen LogP contribution in [0, 0.1) is 0 Å². The molecule has 0 bridgehead atoms. The Morgan fingerprint density at radius 3 is 3.07 bits per heavy atom. The van der Waals surface area contributed by atoms with Crippen molar-refractivity contribution in [1.29, 1.82) is 0 Å². The SMILES string of the molecule is C/C=C/C1=CC2=C(Cl)C(Br)=CNC2N1. The molecule has 0 fully saturated rings. The van der Waals surface area contributed by atoms with E-state index in [0.717, 1.165) is 20.8 Å². The van der Waals surface area contributed by atoms with Crippen molar-refractivity contribution in [3.63, 3.8) is 0 Å². The zero-order chi connectivity index (χ0) is 10.1. The maximum Gasteiger partial charge on any atom is 0.124 e. The molecule has 0 aromatic rings. The Labute approximate surface area is 96.5 Å². The van der Waals surface area contributed by atoms with Crippen molar-refractivity contribution in [2.75, 3.05) is 0 Å². The van der Waals surface area contributed by atoms with Crippen LogP contribution >= 0.6 is 27.5 Å². The van der Waals surface area contributed by atoms with E-state index >= 15 is 0 Å². The molecule has 0 aliphatic carbocycles. The maximum atomic E-state index is 6.15. The smallest absolute Gasteiger partial charge is 0.124 e. The van der Waals surface area contributed by atoms with Crippen LogP contribution in [0.5, 0.6) is 0 Å². The molecule has 1 atom stereocenters. The molecule has 0 aromatic heterocycles. The molecule has 14 heavy (non-hydrogen) atoms. The first-order valence-electron chi connectivity index (χ1n) is 4.35. The van der Waals surface area contributed by atoms with E-state index < -0.39 is 0 Å². The highest BCUT2D eigenvalue weighted by atomic mass is 79.9. The summed E-state index contributed by atoms with van der Waals surface area (Å²) in [4.78, 5) is 0. The fourth-order valence-electron chi connectivity index (χ4n) is 1.49. The number of dihydropyridines is 1. The highest BCUT2D eigenvalue weighted by Gasteiger charge is 2.25. The Kier molecular flexibility index (Phi) is 2.70. The van der Waals surface area contributed by atoms with Crippen LogP contribution < -0.4 is 10.6 Å². The average Bonchev–Trinajstić information content (AvgIpc) is 2.56. The van der Waals surface area contributed by atoms with E-state index in [0.29, 0.717) is 0 Å². The van der Waals surface area contributed by atoms with Crippen molar-refractivity contribution in [1.82, 2.24) is 10.6 Å². The molecule has 2 aliphatic rings. The summed E-state index contributed by atoms with van der Waals surface area (Å²) in [6, 6.07) is 0. The van der Waals surface area contributed by atoms with Gasteiger partial charge in [-0.1, -0.05) is 17.7 Å². The zero-order valence-corrected chi connectivity index (χ0v) is 9.98. The number of rotatable bonds is 1. The average molecular weight is 274 g/mol. The first kappa shape index (κ1) is 9.87. The molecular formula is C10H10BrClN2. The van der Waals surface area contributed by atoms with Gasteiger partial charge in [0.15, 0.2) is 0 Å². The molecule has 0 saturated carbocycles. The van der Waals surface area contributed by atoms with Crippen LogP contribution in [0.25, 0.3) is 0 Å². The fraction of sp³-hybridized carbons (Fsp3) is 0.200. The molecule has 2 aliphatic heterocycles. The second-order valence-corrected chi connectivity index (χ2v) is 4.34. The molecule has 1 unspecified atom stereocenters. The molecule has 0 aromatic carbocycles. The number of allylic oxidation sites excluding steroid dienone is 4. The molecule has 2 N–H and O–H groups in total. The molecule has 0 amide bonds. The van der Waals surface area contributed by atoms with Gasteiger partial charge >= 0.3 is 0 Å². The van der Waals surface area contributed by atoms with Gasteiger partial charge in [0.05, 0.1) is 9.51 Å². The van der Waals surface area contributed by atoms with E-state index in [1.54, 1.807) is 0 Å². The third kappa shape index (κ3) is 1.62. The summed E-state index contributed by atoms with van der Waals surface area (Å²) in [5.74, 6) is 0. The molecule has 0 saturated heterocycles. The summed E-state index contributed by atoms with van der Waals surface area (Å²) >= 11 is 9.53. The monoisotopic (exact) mass is 272 g/mol. The lowest BCUT2D eigenvalue weighted by atomic mass is 10.2. The molecule has 2 rings (SSSR count). The Balaban J connectivity index is 2.35. The number of hydrogen-bond acceptors (Lipinski definition) is 2. The first-order chi connectivity index (χ1) is 6.72. The predicted molar refractivity (Wildman–Crippen MR) is 62.8 cm³/mol. The van der Waals surface area contributed by atoms with Crippen LogP contribution in [0.15, 0.2) is 45.2 Å². The third-order valence-electron chi connectivity index (χ3n) is 2.12. The Hall–Kier alpha value is -0.670. The van der Waals surface area contributed by atoms with E-state index in [2.05, 4.69) is 26.6 Å². The number of hydrogen-bond donors (Lipinski definition) is 2. The third-order valence-corrected chi connectivity index (χ3v) is 3.39. The van der Waals surface area contributed by atoms with Crippen LogP contribution in [-0.4, -0.2) is 6.17 Å². The summed E-state index contributed by atoms with van der Waals surface area (Å²) in [5.41, 5.74) is 2.16. The van der Waals surface area contributed by atoms with Crippen LogP contribution in [0.2, 0.25) is 0 Å². The van der Waals surface area contributed by atoms with Gasteiger partial charge in [0, 0.05) is 17.5 Å². The predicted octanol–water partition coefficient (Wildman–Crippen LogP) is 2.71. The van der Waals surface area contributed by atoms with E-state index in [-0.39, 0.29) is 6.17 Å². The van der Waals surface area contributed by atoms with Crippen molar-refractivity contribution in [2.45, 2.75) is 13.1 Å². The van der Waals surface area contributed by atoms with Gasteiger partial charge in [0.2, 0.25) is 0 Å². The molecule has 4 heteroatoms. The standard InChI is InChI=1S/C10H10BrClN2/c1-2-3-6-4-7-9(12)8(11)5-13-10(7)14-6/h2-5,10,13-14H,1H3/b3-2+. The molecule has 0 spiro atoms. The molecule has 2 nitrogen and oxygen atoms in total. The summed E-state index contributed by atoms with van der Waals surface area (Å²) in [7, 11) is 0. The Morgan fingerprint density at radius 2 is 2.36 bits per heavy atom. The second-order valence-electron chi connectivity index (χ2n) is 3.11. The number of halogens is 2. The highest BCUT2D eigenvalue weighted by molar-refractivity contribution is 9.12. The second kappa shape index (κ2) is 3.83. The van der Waals surface area contributed by atoms with Gasteiger partial charge in [-0.2, -0.15) is 0 Å². The van der Waals surface area contributed by atoms with Gasteiger partial charge in [0.25, 0.3) is 0 Å². The van der Waals surface area contributed by atoms with Gasteiger partial charge in [0.1, 0.15) is 6.17 Å². The van der Waals surface area contributed by atoms with Crippen molar-refractivity contribution < 1.29 is 0 Å². The summed E-state index contributed by atoms with van der Waals surface area (Å²) in [5, 5.41) is 7.27. The first-order valence-corrected chi connectivity index (χ1v) is 5.52. The number of nitrogens with one attached hydrogen (secondary N) is 2. The topological polar surface area (TPSA) is 24.1 Å². The largest absolute Gasteiger partial charge is 0.367 e. The molecule has 74 valence electrons. The van der Waals surface area contributed by atoms with Crippen molar-refractivity contribution in [3.05, 3.63) is 45.2 Å². The summed E-state index contributed by atoms with van der Waals surface area (Å²) < 4.78 is 0.894. The van der Waals surface area contributed by atoms with Gasteiger partial charge in [-0.25, -0.2) is 0 Å². The Morgan fingerprint density at radius 1 is 1.57 bits per heavy atom. The van der Waals surface area contributed by atoms with Crippen LogP contribution in [0.3, 0.4) is 0 Å². The van der Waals surface area contributed by atoms with E-state index in [4.69, 9.17) is 11.6 Å². The van der Waals surface area contributed by atoms with Gasteiger partial charge < -0.3 is 10.6 Å².